The van der Waals surface area contributed by atoms with Gasteiger partial charge >= 0.3 is 12.1 Å². The minimum Gasteiger partial charge on any atom is -0.481 e. The summed E-state index contributed by atoms with van der Waals surface area (Å²) in [4.78, 5) is 35.9. The smallest absolute Gasteiger partial charge is 0.414 e. The molecule has 1 heterocycles. The summed E-state index contributed by atoms with van der Waals surface area (Å²) in [5.74, 6) is -0.965. The number of hydrogen-bond acceptors (Lipinski definition) is 4. The second-order valence-corrected chi connectivity index (χ2v) is 6.10. The molecule has 0 aliphatic rings. The third kappa shape index (κ3) is 5.61. The van der Waals surface area contributed by atoms with Crippen LogP contribution in [0.4, 0.5) is 10.5 Å². The first-order valence-corrected chi connectivity index (χ1v) is 7.07. The molecule has 1 amide bonds. The highest BCUT2D eigenvalue weighted by Gasteiger charge is 2.22. The lowest BCUT2D eigenvalue weighted by Crippen LogP contribution is -2.35. The van der Waals surface area contributed by atoms with Crippen molar-refractivity contribution in [2.75, 3.05) is 11.9 Å². The predicted octanol–water partition coefficient (Wildman–Crippen LogP) is 2.24. The van der Waals surface area contributed by atoms with Crippen LogP contribution in [0.15, 0.2) is 23.1 Å². The molecule has 0 radical (unpaired) electrons. The number of aliphatic carboxylic acids is 1. The van der Waals surface area contributed by atoms with Gasteiger partial charge in [0.2, 0.25) is 0 Å². The largest absolute Gasteiger partial charge is 0.481 e. The normalized spacial score (nSPS) is 11.5. The zero-order valence-electron chi connectivity index (χ0n) is 14.0. The number of aryl methyl sites for hydroxylation is 1. The van der Waals surface area contributed by atoms with Crippen LogP contribution >= 0.6 is 0 Å². The van der Waals surface area contributed by atoms with E-state index in [1.165, 1.54) is 34.9 Å². The summed E-state index contributed by atoms with van der Waals surface area (Å²) in [6, 6.07) is 1.31. The van der Waals surface area contributed by atoms with Crippen LogP contribution in [0, 0.1) is 0 Å². The second kappa shape index (κ2) is 7.13. The van der Waals surface area contributed by atoms with E-state index in [9.17, 15) is 14.4 Å². The SMILES string of the molecule is CN(C(=O)OC(C)(C)C)c1cc(=O)n(C)cc1C=CCC(=O)O. The lowest BCUT2D eigenvalue weighted by Gasteiger charge is -2.25. The topological polar surface area (TPSA) is 88.8 Å². The molecule has 1 aromatic rings. The fraction of sp³-hybridized carbons (Fsp3) is 0.438. The van der Waals surface area contributed by atoms with Gasteiger partial charge in [-0.2, -0.15) is 0 Å². The van der Waals surface area contributed by atoms with Crippen molar-refractivity contribution in [2.24, 2.45) is 7.05 Å². The Kier molecular flexibility index (Phi) is 5.73. The fourth-order valence-electron chi connectivity index (χ4n) is 1.77. The number of ether oxygens (including phenoxy) is 1. The van der Waals surface area contributed by atoms with E-state index in [0.29, 0.717) is 11.3 Å². The molecule has 0 saturated heterocycles. The van der Waals surface area contributed by atoms with E-state index in [-0.39, 0.29) is 12.0 Å². The lowest BCUT2D eigenvalue weighted by molar-refractivity contribution is -0.135. The van der Waals surface area contributed by atoms with Crippen LogP contribution in [-0.2, 0) is 16.6 Å². The van der Waals surface area contributed by atoms with Crippen LogP contribution in [0.2, 0.25) is 0 Å². The number of nitrogens with zero attached hydrogens (tertiary/aromatic N) is 2. The fourth-order valence-corrected chi connectivity index (χ4v) is 1.77. The van der Waals surface area contributed by atoms with Gasteiger partial charge in [-0.1, -0.05) is 12.2 Å². The number of carbonyl (C=O) groups excluding carboxylic acids is 1. The summed E-state index contributed by atoms with van der Waals surface area (Å²) in [6.07, 6.45) is 3.80. The van der Waals surface area contributed by atoms with E-state index in [4.69, 9.17) is 9.84 Å². The first-order valence-electron chi connectivity index (χ1n) is 7.07. The molecule has 1 aromatic heterocycles. The van der Waals surface area contributed by atoms with Crippen LogP contribution < -0.4 is 10.5 Å². The molecule has 1 rings (SSSR count). The van der Waals surface area contributed by atoms with Crippen molar-refractivity contribution in [1.29, 1.82) is 0 Å². The summed E-state index contributed by atoms with van der Waals surface area (Å²) in [6.45, 7) is 5.24. The minimum absolute atomic E-state index is 0.154. The summed E-state index contributed by atoms with van der Waals surface area (Å²) in [5.41, 5.74) is -0.0544. The van der Waals surface area contributed by atoms with E-state index in [2.05, 4.69) is 0 Å². The Balaban J connectivity index is 3.20. The first kappa shape index (κ1) is 18.5. The summed E-state index contributed by atoms with van der Waals surface area (Å²) < 4.78 is 6.64. The number of anilines is 1. The van der Waals surface area contributed by atoms with Gasteiger partial charge in [0.1, 0.15) is 5.60 Å². The predicted molar refractivity (Wildman–Crippen MR) is 87.6 cm³/mol. The molecule has 126 valence electrons. The van der Waals surface area contributed by atoms with Gasteiger partial charge in [0.25, 0.3) is 5.56 Å². The molecular formula is C16H22N2O5. The number of rotatable bonds is 4. The van der Waals surface area contributed by atoms with Crippen LogP contribution in [0.1, 0.15) is 32.8 Å². The third-order valence-corrected chi connectivity index (χ3v) is 2.85. The third-order valence-electron chi connectivity index (χ3n) is 2.85. The number of carboxylic acid groups (broad SMARTS) is 1. The van der Waals surface area contributed by atoms with Gasteiger partial charge in [-0.15, -0.1) is 0 Å². The number of carbonyl (C=O) groups is 2. The van der Waals surface area contributed by atoms with E-state index >= 15 is 0 Å². The molecule has 0 spiro atoms. The molecule has 0 saturated carbocycles. The maximum absolute atomic E-state index is 12.2. The van der Waals surface area contributed by atoms with Crippen molar-refractivity contribution in [1.82, 2.24) is 4.57 Å². The lowest BCUT2D eigenvalue weighted by atomic mass is 10.2. The molecule has 1 N–H and O–H groups in total. The first-order chi connectivity index (χ1) is 10.5. The van der Waals surface area contributed by atoms with Crippen LogP contribution in [-0.4, -0.2) is 34.4 Å². The van der Waals surface area contributed by atoms with Gasteiger partial charge < -0.3 is 14.4 Å². The van der Waals surface area contributed by atoms with Crippen LogP contribution in [0.3, 0.4) is 0 Å². The molecule has 7 heteroatoms. The number of amides is 1. The van der Waals surface area contributed by atoms with Crippen molar-refractivity contribution >= 4 is 23.8 Å². The molecule has 0 fully saturated rings. The zero-order chi connectivity index (χ0) is 17.8. The summed E-state index contributed by atoms with van der Waals surface area (Å²) >= 11 is 0. The molecule has 23 heavy (non-hydrogen) atoms. The molecule has 0 aromatic carbocycles. The molecule has 0 unspecified atom stereocenters. The summed E-state index contributed by atoms with van der Waals surface area (Å²) in [5, 5.41) is 8.69. The molecule has 0 bridgehead atoms. The van der Waals surface area contributed by atoms with Crippen molar-refractivity contribution in [3.8, 4) is 0 Å². The highest BCUT2D eigenvalue weighted by Crippen LogP contribution is 2.21. The molecular weight excluding hydrogens is 300 g/mol. The number of hydrogen-bond donors (Lipinski definition) is 1. The van der Waals surface area contributed by atoms with E-state index in [1.54, 1.807) is 33.9 Å². The number of pyridine rings is 1. The molecule has 7 nitrogen and oxygen atoms in total. The van der Waals surface area contributed by atoms with Crippen molar-refractivity contribution < 1.29 is 19.4 Å². The van der Waals surface area contributed by atoms with Gasteiger partial charge in [0, 0.05) is 31.9 Å². The monoisotopic (exact) mass is 322 g/mol. The Morgan fingerprint density at radius 2 is 2.00 bits per heavy atom. The molecule has 0 aliphatic carbocycles. The quantitative estimate of drug-likeness (QED) is 0.918. The van der Waals surface area contributed by atoms with Gasteiger partial charge in [-0.3, -0.25) is 14.5 Å². The standard InChI is InChI=1S/C16H22N2O5/c1-16(2,3)23-15(22)18(5)12-9-13(19)17(4)10-11(12)7-6-8-14(20)21/h6-7,9-10H,8H2,1-5H3,(H,20,21). The van der Waals surface area contributed by atoms with Crippen molar-refractivity contribution in [2.45, 2.75) is 32.8 Å². The average molecular weight is 322 g/mol. The van der Waals surface area contributed by atoms with Gasteiger partial charge in [0.15, 0.2) is 0 Å². The van der Waals surface area contributed by atoms with E-state index in [1.807, 2.05) is 0 Å². The van der Waals surface area contributed by atoms with Gasteiger partial charge in [-0.25, -0.2) is 4.79 Å². The van der Waals surface area contributed by atoms with E-state index in [0.717, 1.165) is 0 Å². The van der Waals surface area contributed by atoms with Crippen LogP contribution in [0.5, 0.6) is 0 Å². The maximum Gasteiger partial charge on any atom is 0.414 e. The molecule has 0 atom stereocenters. The highest BCUT2D eigenvalue weighted by molar-refractivity contribution is 5.90. The Labute approximate surface area is 134 Å². The maximum atomic E-state index is 12.2. The second-order valence-electron chi connectivity index (χ2n) is 6.10. The Morgan fingerprint density at radius 1 is 1.39 bits per heavy atom. The van der Waals surface area contributed by atoms with E-state index < -0.39 is 17.7 Å². The minimum atomic E-state index is -0.965. The zero-order valence-corrected chi connectivity index (χ0v) is 14.0. The summed E-state index contributed by atoms with van der Waals surface area (Å²) in [7, 11) is 3.07. The average Bonchev–Trinajstić information content (AvgIpc) is 2.39. The van der Waals surface area contributed by atoms with Gasteiger partial charge in [-0.05, 0) is 20.8 Å². The highest BCUT2D eigenvalue weighted by atomic mass is 16.6. The molecule has 0 aliphatic heterocycles. The van der Waals surface area contributed by atoms with Gasteiger partial charge in [0.05, 0.1) is 12.1 Å². The number of aromatic nitrogens is 1. The Morgan fingerprint density at radius 3 is 2.52 bits per heavy atom. The van der Waals surface area contributed by atoms with Crippen LogP contribution in [0.25, 0.3) is 6.08 Å². The van der Waals surface area contributed by atoms with Crippen molar-refractivity contribution in [3.05, 3.63) is 34.3 Å². The Hall–Kier alpha value is -2.57. The van der Waals surface area contributed by atoms with Crippen molar-refractivity contribution in [3.63, 3.8) is 0 Å². The number of carboxylic acids is 1. The Bertz CT molecular complexity index is 683.